The van der Waals surface area contributed by atoms with Crippen LogP contribution in [-0.2, 0) is 19.7 Å². The van der Waals surface area contributed by atoms with E-state index >= 15 is 0 Å². The Morgan fingerprint density at radius 3 is 2.33 bits per heavy atom. The zero-order chi connectivity index (χ0) is 13.8. The van der Waals surface area contributed by atoms with Crippen LogP contribution in [0.1, 0.15) is 12.8 Å². The maximum Gasteiger partial charge on any atom is 0.303 e. The molecular formula is C10H11NO6S. The maximum atomic E-state index is 11.3. The number of anilines is 1. The normalized spacial score (nSPS) is 10.9. The summed E-state index contributed by atoms with van der Waals surface area (Å²) in [5.41, 5.74) is -0.0876. The van der Waals surface area contributed by atoms with E-state index in [2.05, 4.69) is 5.32 Å². The fourth-order valence-corrected chi connectivity index (χ4v) is 1.88. The van der Waals surface area contributed by atoms with Crippen molar-refractivity contribution in [3.63, 3.8) is 0 Å². The molecular weight excluding hydrogens is 262 g/mol. The van der Waals surface area contributed by atoms with Gasteiger partial charge in [0, 0.05) is 6.42 Å². The van der Waals surface area contributed by atoms with E-state index in [1.54, 1.807) is 0 Å². The summed E-state index contributed by atoms with van der Waals surface area (Å²) in [6.45, 7) is 0. The molecule has 8 heteroatoms. The molecule has 0 aliphatic heterocycles. The van der Waals surface area contributed by atoms with Crippen molar-refractivity contribution < 1.29 is 27.7 Å². The molecule has 0 atom stereocenters. The van der Waals surface area contributed by atoms with Crippen LogP contribution in [0.2, 0.25) is 0 Å². The topological polar surface area (TPSA) is 121 Å². The molecule has 0 fully saturated rings. The molecule has 1 aromatic carbocycles. The first-order valence-electron chi connectivity index (χ1n) is 4.89. The number of benzene rings is 1. The summed E-state index contributed by atoms with van der Waals surface area (Å²) in [6.07, 6.45) is -0.644. The lowest BCUT2D eigenvalue weighted by molar-refractivity contribution is -0.138. The van der Waals surface area contributed by atoms with Crippen LogP contribution in [0.4, 0.5) is 5.69 Å². The zero-order valence-electron chi connectivity index (χ0n) is 9.16. The smallest absolute Gasteiger partial charge is 0.303 e. The Morgan fingerprint density at radius 1 is 1.17 bits per heavy atom. The number of nitrogens with one attached hydrogen (secondary N) is 1. The number of rotatable bonds is 5. The van der Waals surface area contributed by atoms with Crippen molar-refractivity contribution in [1.82, 2.24) is 0 Å². The maximum absolute atomic E-state index is 11.3. The molecule has 0 spiro atoms. The van der Waals surface area contributed by atoms with Crippen LogP contribution in [0.3, 0.4) is 0 Å². The first kappa shape index (κ1) is 14.1. The van der Waals surface area contributed by atoms with E-state index in [1.165, 1.54) is 18.2 Å². The third-order valence-electron chi connectivity index (χ3n) is 2.00. The summed E-state index contributed by atoms with van der Waals surface area (Å²) in [6, 6.07) is 5.28. The Labute approximate surface area is 103 Å². The summed E-state index contributed by atoms with van der Waals surface area (Å²) in [4.78, 5) is 21.2. The van der Waals surface area contributed by atoms with E-state index in [4.69, 9.17) is 9.66 Å². The van der Waals surface area contributed by atoms with Gasteiger partial charge in [-0.05, 0) is 12.1 Å². The second kappa shape index (κ2) is 5.61. The predicted molar refractivity (Wildman–Crippen MR) is 61.8 cm³/mol. The van der Waals surface area contributed by atoms with Crippen molar-refractivity contribution in [1.29, 1.82) is 0 Å². The summed E-state index contributed by atoms with van der Waals surface area (Å²) >= 11 is 0. The number of carboxylic acids is 1. The quantitative estimate of drug-likeness (QED) is 0.680. The Hall–Kier alpha value is -1.93. The molecule has 0 aliphatic carbocycles. The molecule has 1 rings (SSSR count). The van der Waals surface area contributed by atoms with Gasteiger partial charge in [-0.3, -0.25) is 14.1 Å². The van der Waals surface area contributed by atoms with E-state index in [0.29, 0.717) is 0 Å². The highest BCUT2D eigenvalue weighted by Crippen LogP contribution is 2.20. The number of carboxylic acid groups (broad SMARTS) is 1. The van der Waals surface area contributed by atoms with Gasteiger partial charge in [0.05, 0.1) is 12.1 Å². The SMILES string of the molecule is O=C(O)CCC(=O)Nc1ccccc1S(=O)(=O)O. The van der Waals surface area contributed by atoms with Crippen molar-refractivity contribution in [2.24, 2.45) is 0 Å². The Morgan fingerprint density at radius 2 is 1.78 bits per heavy atom. The molecule has 0 saturated carbocycles. The van der Waals surface area contributed by atoms with Gasteiger partial charge in [0.25, 0.3) is 10.1 Å². The molecule has 18 heavy (non-hydrogen) atoms. The molecule has 1 amide bonds. The number of amides is 1. The minimum Gasteiger partial charge on any atom is -0.481 e. The standard InChI is InChI=1S/C10H11NO6S/c12-9(5-6-10(13)14)11-7-3-1-2-4-8(7)18(15,16)17/h1-4H,5-6H2,(H,11,12)(H,13,14)(H,15,16,17). The van der Waals surface area contributed by atoms with Crippen molar-refractivity contribution in [2.45, 2.75) is 17.7 Å². The van der Waals surface area contributed by atoms with E-state index in [9.17, 15) is 18.0 Å². The lowest BCUT2D eigenvalue weighted by Gasteiger charge is -2.08. The third kappa shape index (κ3) is 4.15. The van der Waals surface area contributed by atoms with Crippen LogP contribution >= 0.6 is 0 Å². The van der Waals surface area contributed by atoms with E-state index < -0.39 is 26.9 Å². The zero-order valence-corrected chi connectivity index (χ0v) is 9.98. The molecule has 0 unspecified atom stereocenters. The van der Waals surface area contributed by atoms with Crippen molar-refractivity contribution in [3.8, 4) is 0 Å². The van der Waals surface area contributed by atoms with Gasteiger partial charge in [-0.1, -0.05) is 12.1 Å². The molecule has 7 nitrogen and oxygen atoms in total. The van der Waals surface area contributed by atoms with E-state index in [1.807, 2.05) is 0 Å². The van der Waals surface area contributed by atoms with Crippen molar-refractivity contribution >= 4 is 27.7 Å². The van der Waals surface area contributed by atoms with Gasteiger partial charge in [-0.15, -0.1) is 0 Å². The summed E-state index contributed by atoms with van der Waals surface area (Å²) in [5.74, 6) is -1.78. The Bertz CT molecular complexity index is 565. The fourth-order valence-electron chi connectivity index (χ4n) is 1.23. The monoisotopic (exact) mass is 273 g/mol. The average Bonchev–Trinajstić information content (AvgIpc) is 2.25. The number of para-hydroxylation sites is 1. The predicted octanol–water partition coefficient (Wildman–Crippen LogP) is 0.737. The van der Waals surface area contributed by atoms with Gasteiger partial charge in [-0.2, -0.15) is 8.42 Å². The molecule has 0 aromatic heterocycles. The highest BCUT2D eigenvalue weighted by molar-refractivity contribution is 7.86. The number of carbonyl (C=O) groups is 2. The number of aliphatic carboxylic acids is 1. The molecule has 0 bridgehead atoms. The van der Waals surface area contributed by atoms with E-state index in [-0.39, 0.29) is 18.5 Å². The highest BCUT2D eigenvalue weighted by Gasteiger charge is 2.16. The first-order valence-corrected chi connectivity index (χ1v) is 6.33. The molecule has 98 valence electrons. The summed E-state index contributed by atoms with van der Waals surface area (Å²) in [5, 5.41) is 10.6. The highest BCUT2D eigenvalue weighted by atomic mass is 32.2. The molecule has 0 heterocycles. The van der Waals surface area contributed by atoms with E-state index in [0.717, 1.165) is 6.07 Å². The minimum atomic E-state index is -4.44. The molecule has 0 aliphatic rings. The average molecular weight is 273 g/mol. The Balaban J connectivity index is 2.85. The van der Waals surface area contributed by atoms with Crippen molar-refractivity contribution in [2.75, 3.05) is 5.32 Å². The second-order valence-electron chi connectivity index (χ2n) is 3.41. The van der Waals surface area contributed by atoms with Gasteiger partial charge in [0.1, 0.15) is 4.90 Å². The van der Waals surface area contributed by atoms with Crippen molar-refractivity contribution in [3.05, 3.63) is 24.3 Å². The largest absolute Gasteiger partial charge is 0.481 e. The lowest BCUT2D eigenvalue weighted by atomic mass is 10.2. The van der Waals surface area contributed by atoms with Gasteiger partial charge in [-0.25, -0.2) is 0 Å². The summed E-state index contributed by atoms with van der Waals surface area (Å²) < 4.78 is 31.0. The Kier molecular flexibility index (Phi) is 4.40. The summed E-state index contributed by atoms with van der Waals surface area (Å²) in [7, 11) is -4.44. The lowest BCUT2D eigenvalue weighted by Crippen LogP contribution is -2.15. The van der Waals surface area contributed by atoms with Gasteiger partial charge < -0.3 is 10.4 Å². The van der Waals surface area contributed by atoms with Gasteiger partial charge >= 0.3 is 5.97 Å². The number of hydrogen-bond donors (Lipinski definition) is 3. The van der Waals surface area contributed by atoms with Crippen LogP contribution in [0, 0.1) is 0 Å². The van der Waals surface area contributed by atoms with Gasteiger partial charge in [0.15, 0.2) is 0 Å². The second-order valence-corrected chi connectivity index (χ2v) is 4.80. The van der Waals surface area contributed by atoms with Crippen LogP contribution in [0.15, 0.2) is 29.2 Å². The number of hydrogen-bond acceptors (Lipinski definition) is 4. The fraction of sp³-hybridized carbons (Fsp3) is 0.200. The molecule has 1 aromatic rings. The molecule has 3 N–H and O–H groups in total. The third-order valence-corrected chi connectivity index (χ3v) is 2.92. The van der Waals surface area contributed by atoms with Crippen LogP contribution in [0.5, 0.6) is 0 Å². The molecule has 0 saturated heterocycles. The first-order chi connectivity index (χ1) is 8.30. The van der Waals surface area contributed by atoms with Crippen LogP contribution in [-0.4, -0.2) is 30.0 Å². The van der Waals surface area contributed by atoms with Gasteiger partial charge in [0.2, 0.25) is 5.91 Å². The van der Waals surface area contributed by atoms with Crippen LogP contribution < -0.4 is 5.32 Å². The minimum absolute atomic E-state index is 0.0876. The molecule has 0 radical (unpaired) electrons. The van der Waals surface area contributed by atoms with Crippen LogP contribution in [0.25, 0.3) is 0 Å². The number of carbonyl (C=O) groups excluding carboxylic acids is 1.